The highest BCUT2D eigenvalue weighted by Gasteiger charge is 2.52. The van der Waals surface area contributed by atoms with E-state index in [2.05, 4.69) is 10.3 Å². The molecule has 2 aliphatic rings. The summed E-state index contributed by atoms with van der Waals surface area (Å²) in [6.45, 7) is 2.22. The van der Waals surface area contributed by atoms with Gasteiger partial charge in [-0.15, -0.1) is 0 Å². The Kier molecular flexibility index (Phi) is 9.52. The average molecular weight is 703 g/mol. The van der Waals surface area contributed by atoms with Gasteiger partial charge in [-0.25, -0.2) is 0 Å². The van der Waals surface area contributed by atoms with E-state index >= 15 is 0 Å². The zero-order chi connectivity index (χ0) is 35.7. The summed E-state index contributed by atoms with van der Waals surface area (Å²) in [6, 6.07) is 27.8. The van der Waals surface area contributed by atoms with E-state index in [0.717, 1.165) is 33.2 Å². The molecule has 4 aromatic carbocycles. The van der Waals surface area contributed by atoms with Crippen LogP contribution in [0.4, 0.5) is 11.4 Å². The first kappa shape index (κ1) is 34.2. The van der Waals surface area contributed by atoms with Crippen molar-refractivity contribution >= 4 is 51.6 Å². The number of aromatic nitrogens is 1. The lowest BCUT2D eigenvalue weighted by molar-refractivity contribution is -0.139. The second-order valence-corrected chi connectivity index (χ2v) is 13.8. The number of aliphatic hydroxyl groups is 2. The molecule has 0 bridgehead atoms. The van der Waals surface area contributed by atoms with Gasteiger partial charge < -0.3 is 30.3 Å². The molecule has 2 aliphatic heterocycles. The number of nitrogens with zero attached hydrogens (tertiary/aromatic N) is 2. The van der Waals surface area contributed by atoms with Crippen LogP contribution in [0.2, 0.25) is 5.02 Å². The molecule has 3 heterocycles. The summed E-state index contributed by atoms with van der Waals surface area (Å²) in [5.41, 5.74) is 4.57. The Bertz CT molecular complexity index is 2140. The van der Waals surface area contributed by atoms with Crippen LogP contribution in [0, 0.1) is 5.92 Å². The predicted octanol–water partition coefficient (Wildman–Crippen LogP) is 6.27. The number of para-hydroxylation sites is 1. The average Bonchev–Trinajstić information content (AvgIpc) is 3.64. The van der Waals surface area contributed by atoms with E-state index in [0.29, 0.717) is 34.9 Å². The van der Waals surface area contributed by atoms with Crippen molar-refractivity contribution < 1.29 is 24.6 Å². The standard InChI is InChI=1S/C41H39ClN4O5/c1-26(7-6-12-39(49)45-24-29-9-3-2-8-28(29)19-33(45)25-47)41(51)35-21-31(42)15-18-37(35)46(40(41)50)23-27-13-16-32(17-14-27)44-38(48)20-30-22-43-36-11-5-4-10-34(30)36/h2-11,13-18,21-22,26,33,43,47,51H,12,19-20,23-25H2,1H3,(H,44,48)/b7-6+/t26-,33+,41+/m1/s1. The molecule has 0 saturated carbocycles. The van der Waals surface area contributed by atoms with Crippen LogP contribution >= 0.6 is 11.6 Å². The first-order valence-corrected chi connectivity index (χ1v) is 17.5. The van der Waals surface area contributed by atoms with Crippen molar-refractivity contribution in [2.45, 2.75) is 50.9 Å². The summed E-state index contributed by atoms with van der Waals surface area (Å²) in [4.78, 5) is 46.7. The van der Waals surface area contributed by atoms with Gasteiger partial charge in [0.15, 0.2) is 5.60 Å². The lowest BCUT2D eigenvalue weighted by Gasteiger charge is -2.36. The van der Waals surface area contributed by atoms with Crippen LogP contribution in [-0.4, -0.2) is 50.5 Å². The topological polar surface area (TPSA) is 126 Å². The summed E-state index contributed by atoms with van der Waals surface area (Å²) >= 11 is 6.37. The summed E-state index contributed by atoms with van der Waals surface area (Å²) in [7, 11) is 0. The Morgan fingerprint density at radius 3 is 2.57 bits per heavy atom. The second-order valence-electron chi connectivity index (χ2n) is 13.4. The fraction of sp³-hybridized carbons (Fsp3) is 0.244. The number of aromatic amines is 1. The Hall–Kier alpha value is -5.22. The minimum atomic E-state index is -1.91. The van der Waals surface area contributed by atoms with Gasteiger partial charge in [0.2, 0.25) is 11.8 Å². The lowest BCUT2D eigenvalue weighted by atomic mass is 9.83. The molecular formula is C41H39ClN4O5. The van der Waals surface area contributed by atoms with Crippen molar-refractivity contribution in [2.24, 2.45) is 5.92 Å². The van der Waals surface area contributed by atoms with Gasteiger partial charge in [-0.1, -0.05) is 85.3 Å². The first-order valence-electron chi connectivity index (χ1n) is 17.1. The van der Waals surface area contributed by atoms with Crippen molar-refractivity contribution in [2.75, 3.05) is 16.8 Å². The highest BCUT2D eigenvalue weighted by atomic mass is 35.5. The molecule has 0 saturated heterocycles. The largest absolute Gasteiger partial charge is 0.394 e. The highest BCUT2D eigenvalue weighted by molar-refractivity contribution is 6.31. The SMILES string of the molecule is C[C@H](/C=C/CC(=O)N1Cc2ccccc2C[C@H]1CO)[C@@]1(O)C(=O)N(Cc2ccc(NC(=O)Cc3c[nH]c4ccccc34)cc2)c2ccc(Cl)cc21. The van der Waals surface area contributed by atoms with E-state index in [-0.39, 0.29) is 43.8 Å². The van der Waals surface area contributed by atoms with Gasteiger partial charge in [0.05, 0.1) is 31.3 Å². The number of aliphatic hydroxyl groups excluding tert-OH is 1. The van der Waals surface area contributed by atoms with E-state index < -0.39 is 17.4 Å². The van der Waals surface area contributed by atoms with E-state index in [1.807, 2.05) is 66.9 Å². The molecule has 0 unspecified atom stereocenters. The molecule has 5 aromatic rings. The molecule has 0 spiro atoms. The number of hydrogen-bond acceptors (Lipinski definition) is 5. The monoisotopic (exact) mass is 702 g/mol. The smallest absolute Gasteiger partial charge is 0.264 e. The van der Waals surface area contributed by atoms with Crippen molar-refractivity contribution in [1.82, 2.24) is 9.88 Å². The third-order valence-corrected chi connectivity index (χ3v) is 10.3. The minimum Gasteiger partial charge on any atom is -0.394 e. The fourth-order valence-corrected chi connectivity index (χ4v) is 7.45. The number of hydrogen-bond donors (Lipinski definition) is 4. The number of rotatable bonds is 10. The summed E-state index contributed by atoms with van der Waals surface area (Å²) in [6.07, 6.45) is 6.11. The fourth-order valence-electron chi connectivity index (χ4n) is 7.28. The maximum atomic E-state index is 14.1. The number of halogens is 1. The van der Waals surface area contributed by atoms with Crippen LogP contribution in [0.1, 0.15) is 41.2 Å². The minimum absolute atomic E-state index is 0.0596. The number of carbonyl (C=O) groups is 3. The van der Waals surface area contributed by atoms with Crippen LogP contribution in [0.25, 0.3) is 10.9 Å². The van der Waals surface area contributed by atoms with Crippen LogP contribution in [0.15, 0.2) is 109 Å². The van der Waals surface area contributed by atoms with Gasteiger partial charge in [-0.3, -0.25) is 14.4 Å². The van der Waals surface area contributed by atoms with Gasteiger partial charge in [0.1, 0.15) is 0 Å². The van der Waals surface area contributed by atoms with E-state index in [9.17, 15) is 24.6 Å². The molecule has 10 heteroatoms. The van der Waals surface area contributed by atoms with Crippen molar-refractivity contribution in [3.8, 4) is 0 Å². The Labute approximate surface area is 301 Å². The zero-order valence-corrected chi connectivity index (χ0v) is 28.9. The number of carbonyl (C=O) groups excluding carboxylic acids is 3. The highest BCUT2D eigenvalue weighted by Crippen LogP contribution is 2.46. The Morgan fingerprint density at radius 2 is 1.78 bits per heavy atom. The second kappa shape index (κ2) is 14.2. The molecule has 0 fully saturated rings. The quantitative estimate of drug-likeness (QED) is 0.128. The van der Waals surface area contributed by atoms with Gasteiger partial charge in [-0.2, -0.15) is 0 Å². The predicted molar refractivity (Wildman–Crippen MR) is 198 cm³/mol. The third-order valence-electron chi connectivity index (χ3n) is 10.1. The molecule has 0 aliphatic carbocycles. The van der Waals surface area contributed by atoms with Crippen LogP contribution in [-0.2, 0) is 45.9 Å². The maximum absolute atomic E-state index is 14.1. The first-order chi connectivity index (χ1) is 24.6. The molecule has 260 valence electrons. The van der Waals surface area contributed by atoms with Crippen LogP contribution in [0.3, 0.4) is 0 Å². The molecule has 51 heavy (non-hydrogen) atoms. The van der Waals surface area contributed by atoms with Crippen LogP contribution < -0.4 is 10.2 Å². The summed E-state index contributed by atoms with van der Waals surface area (Å²) < 4.78 is 0. The number of benzene rings is 4. The molecule has 1 aromatic heterocycles. The molecule has 3 amide bonds. The number of fused-ring (bicyclic) bond motifs is 3. The Morgan fingerprint density at radius 1 is 1.04 bits per heavy atom. The molecule has 7 rings (SSSR count). The molecular weight excluding hydrogens is 664 g/mol. The van der Waals surface area contributed by atoms with Crippen molar-refractivity contribution in [3.63, 3.8) is 0 Å². The van der Waals surface area contributed by atoms with Crippen molar-refractivity contribution in [1.29, 1.82) is 0 Å². The molecule has 4 N–H and O–H groups in total. The normalized spacial score (nSPS) is 19.0. The van der Waals surface area contributed by atoms with Gasteiger partial charge in [0.25, 0.3) is 5.91 Å². The lowest BCUT2D eigenvalue weighted by Crippen LogP contribution is -2.46. The molecule has 0 radical (unpaired) electrons. The number of H-pyrrole nitrogens is 1. The zero-order valence-electron chi connectivity index (χ0n) is 28.2. The molecule has 9 nitrogen and oxygen atoms in total. The van der Waals surface area contributed by atoms with E-state index in [1.165, 1.54) is 0 Å². The Balaban J connectivity index is 1.02. The van der Waals surface area contributed by atoms with E-state index in [1.54, 1.807) is 59.2 Å². The van der Waals surface area contributed by atoms with Gasteiger partial charge in [0, 0.05) is 52.3 Å². The summed E-state index contributed by atoms with van der Waals surface area (Å²) in [5.74, 6) is -1.46. The maximum Gasteiger partial charge on any atom is 0.264 e. The summed E-state index contributed by atoms with van der Waals surface area (Å²) in [5, 5.41) is 26.4. The van der Waals surface area contributed by atoms with Gasteiger partial charge in [-0.05, 0) is 65.1 Å². The van der Waals surface area contributed by atoms with Gasteiger partial charge >= 0.3 is 0 Å². The van der Waals surface area contributed by atoms with Crippen LogP contribution in [0.5, 0.6) is 0 Å². The number of anilines is 2. The van der Waals surface area contributed by atoms with E-state index in [4.69, 9.17) is 11.6 Å². The number of amides is 3. The molecule has 3 atom stereocenters. The third kappa shape index (κ3) is 6.68. The van der Waals surface area contributed by atoms with Crippen molar-refractivity contribution in [3.05, 3.63) is 142 Å². The number of nitrogens with one attached hydrogen (secondary N) is 2.